The van der Waals surface area contributed by atoms with Crippen LogP contribution in [0.5, 0.6) is 0 Å². The van der Waals surface area contributed by atoms with Crippen LogP contribution >= 0.6 is 0 Å². The zero-order chi connectivity index (χ0) is 16.1. The number of allylic oxidation sites excluding steroid dienone is 1. The van der Waals surface area contributed by atoms with Gasteiger partial charge in [0, 0.05) is 0 Å². The maximum atomic E-state index is 12.3. The molecule has 0 bridgehead atoms. The van der Waals surface area contributed by atoms with Crippen LogP contribution in [0.3, 0.4) is 0 Å². The quantitative estimate of drug-likeness (QED) is 0.608. The van der Waals surface area contributed by atoms with Crippen molar-refractivity contribution in [1.82, 2.24) is 0 Å². The Morgan fingerprint density at radius 1 is 1.38 bits per heavy atom. The second-order valence-electron chi connectivity index (χ2n) is 5.89. The first kappa shape index (κ1) is 17.7. The lowest BCUT2D eigenvalue weighted by molar-refractivity contribution is -0.161. The molecule has 0 fully saturated rings. The van der Waals surface area contributed by atoms with Gasteiger partial charge in [-0.1, -0.05) is 13.0 Å². The fraction of sp³-hybridized carbons (Fsp3) is 0.733. The van der Waals surface area contributed by atoms with Crippen molar-refractivity contribution in [3.8, 4) is 0 Å². The number of hydrogen-bond acceptors (Lipinski definition) is 5. The predicted octanol–water partition coefficient (Wildman–Crippen LogP) is 1.11. The molecule has 0 aromatic rings. The van der Waals surface area contributed by atoms with Gasteiger partial charge in [0.05, 0.1) is 29.6 Å². The van der Waals surface area contributed by atoms with Gasteiger partial charge in [-0.2, -0.15) is 0 Å². The molecule has 120 valence electrons. The molecule has 1 atom stereocenters. The summed E-state index contributed by atoms with van der Waals surface area (Å²) < 4.78 is 5.24. The van der Waals surface area contributed by atoms with E-state index in [2.05, 4.69) is 0 Å². The van der Waals surface area contributed by atoms with Crippen molar-refractivity contribution >= 4 is 11.9 Å². The zero-order valence-electron chi connectivity index (χ0n) is 12.6. The third kappa shape index (κ3) is 3.63. The monoisotopic (exact) mass is 300 g/mol. The molecule has 6 heteroatoms. The normalized spacial score (nSPS) is 22.6. The number of ether oxygens (including phenoxy) is 1. The van der Waals surface area contributed by atoms with Crippen LogP contribution in [-0.2, 0) is 14.3 Å². The van der Waals surface area contributed by atoms with E-state index in [0.29, 0.717) is 19.3 Å². The molecule has 1 unspecified atom stereocenters. The van der Waals surface area contributed by atoms with E-state index >= 15 is 0 Å². The average molecular weight is 300 g/mol. The van der Waals surface area contributed by atoms with Gasteiger partial charge < -0.3 is 20.1 Å². The maximum absolute atomic E-state index is 12.3. The van der Waals surface area contributed by atoms with Gasteiger partial charge in [-0.05, 0) is 32.6 Å². The lowest BCUT2D eigenvalue weighted by Crippen LogP contribution is -2.41. The van der Waals surface area contributed by atoms with E-state index in [4.69, 9.17) is 4.74 Å². The minimum Gasteiger partial charge on any atom is -0.478 e. The molecule has 0 amide bonds. The summed E-state index contributed by atoms with van der Waals surface area (Å²) in [5, 5.41) is 27.9. The van der Waals surface area contributed by atoms with Crippen molar-refractivity contribution in [3.05, 3.63) is 11.6 Å². The van der Waals surface area contributed by atoms with Crippen LogP contribution < -0.4 is 0 Å². The topological polar surface area (TPSA) is 104 Å². The molecule has 0 heterocycles. The van der Waals surface area contributed by atoms with Gasteiger partial charge >= 0.3 is 11.9 Å². The second kappa shape index (κ2) is 7.04. The van der Waals surface area contributed by atoms with Crippen molar-refractivity contribution in [1.29, 1.82) is 0 Å². The molecule has 0 saturated heterocycles. The number of carboxylic acids is 1. The fourth-order valence-electron chi connectivity index (χ4n) is 2.44. The average Bonchev–Trinajstić information content (AvgIpc) is 2.49. The highest BCUT2D eigenvalue weighted by Crippen LogP contribution is 2.39. The van der Waals surface area contributed by atoms with Crippen LogP contribution in [0.4, 0.5) is 0 Å². The number of hydrogen-bond donors (Lipinski definition) is 3. The summed E-state index contributed by atoms with van der Waals surface area (Å²) in [5.41, 5.74) is -1.99. The fourth-order valence-corrected chi connectivity index (χ4v) is 2.44. The zero-order valence-corrected chi connectivity index (χ0v) is 12.6. The molecule has 0 aliphatic heterocycles. The molecule has 0 aromatic heterocycles. The van der Waals surface area contributed by atoms with E-state index in [1.807, 2.05) is 0 Å². The van der Waals surface area contributed by atoms with Gasteiger partial charge in [-0.3, -0.25) is 4.79 Å². The molecular formula is C15H24O6. The van der Waals surface area contributed by atoms with Crippen LogP contribution in [0.15, 0.2) is 11.6 Å². The van der Waals surface area contributed by atoms with Crippen molar-refractivity contribution in [2.24, 2.45) is 10.8 Å². The van der Waals surface area contributed by atoms with Crippen molar-refractivity contribution in [3.63, 3.8) is 0 Å². The van der Waals surface area contributed by atoms with E-state index < -0.39 is 22.8 Å². The lowest BCUT2D eigenvalue weighted by Gasteiger charge is -2.33. The first-order valence-electron chi connectivity index (χ1n) is 7.18. The largest absolute Gasteiger partial charge is 0.478 e. The van der Waals surface area contributed by atoms with E-state index in [0.717, 1.165) is 6.42 Å². The molecule has 1 rings (SSSR count). The summed E-state index contributed by atoms with van der Waals surface area (Å²) in [6.07, 6.45) is 3.79. The Hall–Kier alpha value is -1.40. The summed E-state index contributed by atoms with van der Waals surface area (Å²) >= 11 is 0. The standard InChI is InChI=1S/C15H24O6/c1-3-15(8-16,9-17)10-21-13(20)14(2)7-5-4-6-11(14)12(18)19/h6,16-17H,3-5,7-10H2,1-2H3,(H,18,19). The summed E-state index contributed by atoms with van der Waals surface area (Å²) in [7, 11) is 0. The highest BCUT2D eigenvalue weighted by atomic mass is 16.5. The number of rotatable bonds is 7. The number of carbonyl (C=O) groups is 2. The Kier molecular flexibility index (Phi) is 5.92. The minimum absolute atomic E-state index is 0.0637. The second-order valence-corrected chi connectivity index (χ2v) is 5.89. The van der Waals surface area contributed by atoms with Gasteiger partial charge in [0.15, 0.2) is 0 Å². The lowest BCUT2D eigenvalue weighted by atomic mass is 9.74. The molecule has 0 spiro atoms. The van der Waals surface area contributed by atoms with E-state index in [9.17, 15) is 24.9 Å². The number of carboxylic acid groups (broad SMARTS) is 1. The molecule has 1 aliphatic carbocycles. The summed E-state index contributed by atoms with van der Waals surface area (Å²) in [4.78, 5) is 23.6. The third-order valence-corrected chi connectivity index (χ3v) is 4.44. The Labute approximate surface area is 124 Å². The predicted molar refractivity (Wildman–Crippen MR) is 75.5 cm³/mol. The van der Waals surface area contributed by atoms with Gasteiger partial charge in [0.2, 0.25) is 0 Å². The summed E-state index contributed by atoms with van der Waals surface area (Å²) in [6, 6.07) is 0. The molecule has 21 heavy (non-hydrogen) atoms. The molecule has 6 nitrogen and oxygen atoms in total. The molecule has 0 aromatic carbocycles. The van der Waals surface area contributed by atoms with Crippen LogP contribution in [0.25, 0.3) is 0 Å². The highest BCUT2D eigenvalue weighted by molar-refractivity contribution is 5.97. The number of esters is 1. The van der Waals surface area contributed by atoms with Crippen LogP contribution in [-0.4, -0.2) is 47.1 Å². The Balaban J connectivity index is 2.85. The van der Waals surface area contributed by atoms with Crippen LogP contribution in [0.2, 0.25) is 0 Å². The van der Waals surface area contributed by atoms with Gasteiger partial charge in [0.1, 0.15) is 6.61 Å². The van der Waals surface area contributed by atoms with E-state index in [1.165, 1.54) is 0 Å². The Bertz CT molecular complexity index is 416. The van der Waals surface area contributed by atoms with Crippen LogP contribution in [0.1, 0.15) is 39.5 Å². The van der Waals surface area contributed by atoms with Gasteiger partial charge in [-0.15, -0.1) is 0 Å². The SMILES string of the molecule is CCC(CO)(CO)COC(=O)C1(C)CCCC=C1C(=O)O. The minimum atomic E-state index is -1.17. The van der Waals surface area contributed by atoms with Crippen molar-refractivity contribution in [2.45, 2.75) is 39.5 Å². The van der Waals surface area contributed by atoms with Gasteiger partial charge in [-0.25, -0.2) is 4.79 Å². The van der Waals surface area contributed by atoms with E-state index in [-0.39, 0.29) is 25.4 Å². The third-order valence-electron chi connectivity index (χ3n) is 4.44. The van der Waals surface area contributed by atoms with Crippen molar-refractivity contribution in [2.75, 3.05) is 19.8 Å². The van der Waals surface area contributed by atoms with Crippen LogP contribution in [0, 0.1) is 10.8 Å². The molecule has 1 aliphatic rings. The molecule has 0 radical (unpaired) electrons. The first-order chi connectivity index (χ1) is 9.85. The molecular weight excluding hydrogens is 276 g/mol. The number of aliphatic hydroxyl groups excluding tert-OH is 2. The summed E-state index contributed by atoms with van der Waals surface area (Å²) in [6.45, 7) is 2.63. The smallest absolute Gasteiger partial charge is 0.332 e. The number of carbonyl (C=O) groups excluding carboxylic acids is 1. The molecule has 3 N–H and O–H groups in total. The van der Waals surface area contributed by atoms with Crippen molar-refractivity contribution < 1.29 is 29.6 Å². The Morgan fingerprint density at radius 2 is 2.00 bits per heavy atom. The van der Waals surface area contributed by atoms with Gasteiger partial charge in [0.25, 0.3) is 0 Å². The van der Waals surface area contributed by atoms with E-state index in [1.54, 1.807) is 19.9 Å². The number of aliphatic hydroxyl groups is 2. The molecule has 0 saturated carbocycles. The Morgan fingerprint density at radius 3 is 2.48 bits per heavy atom. The summed E-state index contributed by atoms with van der Waals surface area (Å²) in [5.74, 6) is -1.73. The number of aliphatic carboxylic acids is 1. The first-order valence-corrected chi connectivity index (χ1v) is 7.18. The highest BCUT2D eigenvalue weighted by Gasteiger charge is 2.44. The maximum Gasteiger partial charge on any atom is 0.332 e.